The third-order valence-corrected chi connectivity index (χ3v) is 17.7. The zero-order chi connectivity index (χ0) is 70.4. The first kappa shape index (κ1) is 74.6. The lowest BCUT2D eigenvalue weighted by atomic mass is 10.1. The molecule has 2 aliphatic rings. The van der Waals surface area contributed by atoms with Gasteiger partial charge in [-0.25, -0.2) is 29.1 Å². The number of aromatic nitrogens is 4. The first-order valence-corrected chi connectivity index (χ1v) is 34.4. The van der Waals surface area contributed by atoms with Crippen LogP contribution in [0.5, 0.6) is 0 Å². The topological polar surface area (TPSA) is 261 Å². The number of anilines is 4. The fourth-order valence-electron chi connectivity index (χ4n) is 9.94. The summed E-state index contributed by atoms with van der Waals surface area (Å²) < 4.78 is 22.0. The number of alkyl halides is 1. The van der Waals surface area contributed by atoms with Gasteiger partial charge in [-0.1, -0.05) is 47.5 Å². The Morgan fingerprint density at radius 2 is 1.00 bits per heavy atom. The van der Waals surface area contributed by atoms with Gasteiger partial charge in [-0.15, -0.1) is 34.3 Å². The van der Waals surface area contributed by atoms with Crippen LogP contribution < -0.4 is 36.4 Å². The number of likely N-dealkylation sites (tertiary alicyclic amines) is 1. The SMILES string of the molecule is CC(C)(C)OC(=O)N(C(=O)OC(C)(C)C)c1nccc2cc(CNC(=O)c3cc(Cl)c(CCl)s3)ccc12.CC(C)(C)OC(=O)N(C(=O)OC(C)(C)C)c1nccc2cc(CNC(=O)c3cc(Cl)c(CN4CC[C@@H](Nc5cccnc5)C4)s3)ccc12.c1cncc(N[C@@H]2CCNC2)c1. The molecule has 0 saturated carbocycles. The van der Waals surface area contributed by atoms with E-state index in [1.807, 2.05) is 54.9 Å². The molecule has 0 radical (unpaired) electrons. The number of imide groups is 2. The van der Waals surface area contributed by atoms with Gasteiger partial charge in [0, 0.05) is 109 Å². The maximum atomic E-state index is 13.2. The zero-order valence-electron chi connectivity index (χ0n) is 56.4. The Morgan fingerprint density at radius 1 is 0.567 bits per heavy atom. The molecule has 8 aromatic rings. The molecule has 516 valence electrons. The van der Waals surface area contributed by atoms with Gasteiger partial charge < -0.3 is 45.5 Å². The first-order valence-electron chi connectivity index (χ1n) is 31.5. The van der Waals surface area contributed by atoms with Crippen molar-refractivity contribution < 1.29 is 47.7 Å². The van der Waals surface area contributed by atoms with E-state index in [2.05, 4.69) is 51.4 Å². The van der Waals surface area contributed by atoms with Crippen LogP contribution in [0.2, 0.25) is 10.0 Å². The molecule has 2 atom stereocenters. The molecule has 27 heteroatoms. The number of halogens is 3. The van der Waals surface area contributed by atoms with E-state index in [-0.39, 0.29) is 42.4 Å². The summed E-state index contributed by atoms with van der Waals surface area (Å²) >= 11 is 21.2. The van der Waals surface area contributed by atoms with Crippen molar-refractivity contribution in [2.75, 3.05) is 46.6 Å². The molecule has 97 heavy (non-hydrogen) atoms. The number of ether oxygens (including phenoxy) is 4. The van der Waals surface area contributed by atoms with E-state index in [1.54, 1.807) is 138 Å². The van der Waals surface area contributed by atoms with Crippen LogP contribution in [0.1, 0.15) is 136 Å². The second-order valence-electron chi connectivity index (χ2n) is 26.9. The van der Waals surface area contributed by atoms with Crippen LogP contribution in [-0.2, 0) is 44.5 Å². The number of thiophene rings is 2. The third-order valence-electron chi connectivity index (χ3n) is 14.1. The molecule has 10 rings (SSSR count). The van der Waals surface area contributed by atoms with Gasteiger partial charge in [-0.2, -0.15) is 9.80 Å². The van der Waals surface area contributed by atoms with Crippen molar-refractivity contribution in [2.45, 2.75) is 156 Å². The van der Waals surface area contributed by atoms with E-state index in [1.165, 1.54) is 41.5 Å². The number of nitrogens with zero attached hydrogens (tertiary/aromatic N) is 7. The van der Waals surface area contributed by atoms with Crippen molar-refractivity contribution in [2.24, 2.45) is 0 Å². The maximum absolute atomic E-state index is 13.2. The van der Waals surface area contributed by atoms with Crippen molar-refractivity contribution in [3.63, 3.8) is 0 Å². The number of nitrogens with one attached hydrogen (secondary N) is 5. The van der Waals surface area contributed by atoms with Crippen molar-refractivity contribution in [1.29, 1.82) is 0 Å². The molecule has 0 unspecified atom stereocenters. The summed E-state index contributed by atoms with van der Waals surface area (Å²) in [5, 5.41) is 19.6. The van der Waals surface area contributed by atoms with E-state index >= 15 is 0 Å². The fraction of sp³-hybridized carbons (Fsp3) is 0.400. The molecular weight excluding hydrogens is 1340 g/mol. The number of hydrogen-bond acceptors (Lipinski definition) is 20. The molecule has 5 N–H and O–H groups in total. The average Bonchev–Trinajstić information content (AvgIpc) is 0.993. The van der Waals surface area contributed by atoms with Gasteiger partial charge in [-0.3, -0.25) is 24.5 Å². The third kappa shape index (κ3) is 22.4. The number of carbonyl (C=O) groups excluding carboxylic acids is 6. The second kappa shape index (κ2) is 32.9. The van der Waals surface area contributed by atoms with Crippen molar-refractivity contribution in [3.8, 4) is 0 Å². The lowest BCUT2D eigenvalue weighted by Gasteiger charge is -2.28. The van der Waals surface area contributed by atoms with Crippen LogP contribution >= 0.6 is 57.5 Å². The molecule has 8 heterocycles. The molecule has 2 fully saturated rings. The summed E-state index contributed by atoms with van der Waals surface area (Å²) in [4.78, 5) is 102. The van der Waals surface area contributed by atoms with E-state index in [0.29, 0.717) is 60.0 Å². The molecule has 2 saturated heterocycles. The number of carbonyl (C=O) groups is 6. The molecule has 2 aliphatic heterocycles. The van der Waals surface area contributed by atoms with Crippen molar-refractivity contribution >= 4 is 138 Å². The lowest BCUT2D eigenvalue weighted by molar-refractivity contribution is 0.0407. The summed E-state index contributed by atoms with van der Waals surface area (Å²) in [6.45, 7) is 25.7. The average molecular weight is 1420 g/mol. The molecule has 6 amide bonds. The normalized spacial score (nSPS) is 14.8. The highest BCUT2D eigenvalue weighted by atomic mass is 35.5. The number of hydrogen-bond donors (Lipinski definition) is 5. The number of amides is 6. The van der Waals surface area contributed by atoms with Crippen LogP contribution in [0.3, 0.4) is 0 Å². The van der Waals surface area contributed by atoms with E-state index < -0.39 is 46.8 Å². The molecule has 0 aliphatic carbocycles. The summed E-state index contributed by atoms with van der Waals surface area (Å²) in [6.07, 6.45) is 8.85. The highest BCUT2D eigenvalue weighted by Gasteiger charge is 2.37. The Bertz CT molecular complexity index is 4000. The first-order chi connectivity index (χ1) is 45.8. The monoisotopic (exact) mass is 1420 g/mol. The van der Waals surface area contributed by atoms with Crippen molar-refractivity contribution in [1.82, 2.24) is 40.8 Å². The van der Waals surface area contributed by atoms with E-state index in [4.69, 9.17) is 53.8 Å². The number of benzene rings is 2. The largest absolute Gasteiger partial charge is 0.443 e. The second-order valence-corrected chi connectivity index (χ2v) is 30.3. The van der Waals surface area contributed by atoms with Gasteiger partial charge in [0.25, 0.3) is 11.8 Å². The number of pyridine rings is 4. The number of fused-ring (bicyclic) bond motifs is 2. The van der Waals surface area contributed by atoms with Gasteiger partial charge in [0.2, 0.25) is 0 Å². The van der Waals surface area contributed by atoms with Crippen LogP contribution in [-0.4, -0.2) is 122 Å². The van der Waals surface area contributed by atoms with Gasteiger partial charge in [0.05, 0.1) is 37.1 Å². The molecule has 22 nitrogen and oxygen atoms in total. The summed E-state index contributed by atoms with van der Waals surface area (Å²) in [5.41, 5.74) is 0.359. The van der Waals surface area contributed by atoms with Crippen LogP contribution in [0.15, 0.2) is 122 Å². The highest BCUT2D eigenvalue weighted by molar-refractivity contribution is 7.15. The minimum Gasteiger partial charge on any atom is -0.443 e. The van der Waals surface area contributed by atoms with Gasteiger partial charge >= 0.3 is 24.4 Å². The molecule has 2 aromatic carbocycles. The fourth-order valence-corrected chi connectivity index (χ4v) is 12.9. The quantitative estimate of drug-likeness (QED) is 0.0472. The Kier molecular flexibility index (Phi) is 25.3. The van der Waals surface area contributed by atoms with Crippen molar-refractivity contribution in [3.05, 3.63) is 163 Å². The van der Waals surface area contributed by atoms with E-state index in [9.17, 15) is 28.8 Å². The number of rotatable bonds is 15. The van der Waals surface area contributed by atoms with Gasteiger partial charge in [0.15, 0.2) is 11.6 Å². The Balaban J connectivity index is 0.000000215. The Labute approximate surface area is 588 Å². The minimum absolute atomic E-state index is 0.0819. The summed E-state index contributed by atoms with van der Waals surface area (Å²) in [7, 11) is 0. The Morgan fingerprint density at radius 3 is 1.39 bits per heavy atom. The summed E-state index contributed by atoms with van der Waals surface area (Å²) in [5.74, 6) is -0.0773. The maximum Gasteiger partial charge on any atom is 0.425 e. The van der Waals surface area contributed by atoms with Gasteiger partial charge in [-0.05, 0) is 185 Å². The molecule has 0 bridgehead atoms. The highest BCUT2D eigenvalue weighted by Crippen LogP contribution is 2.34. The van der Waals surface area contributed by atoms with Gasteiger partial charge in [0.1, 0.15) is 22.4 Å². The molecule has 0 spiro atoms. The molecular formula is C70H83Cl3N12O10S2. The standard InChI is InChI=1S/C35H41ClN6O5S.C26H29Cl2N3O5S.C9H13N3/c1-34(2,3)46-32(44)42(33(45)47-35(4,5)6)30-26-10-9-22(16-23(26)11-14-38-30)18-39-31(43)28-17-27(36)29(48-28)21-41-15-12-25(20-41)40-24-8-7-13-37-19-24;1-25(2,3)35-23(33)31(24(34)36-26(4,5)6)21-17-8-7-15(11-16(17)9-10-29-21)14-30-22(32)19-12-18(28)20(13-27)37-19;1-2-8(6-10-4-1)12-9-3-5-11-7-9/h7-11,13-14,16-17,19,25,40H,12,15,18,20-21H2,1-6H3,(H,39,43);7-12H,13-14H2,1-6H3,(H,30,32);1-2,4,6,9,11-12H,3,5,7H2/t25-;;9-/m1.1/s1. The van der Waals surface area contributed by atoms with Crippen LogP contribution in [0, 0.1) is 0 Å². The molecule has 6 aromatic heterocycles. The van der Waals surface area contributed by atoms with E-state index in [0.717, 1.165) is 74.7 Å². The minimum atomic E-state index is -0.899. The summed E-state index contributed by atoms with van der Waals surface area (Å²) in [6, 6.07) is 26.5. The lowest BCUT2D eigenvalue weighted by Crippen LogP contribution is -2.44. The Hall–Kier alpha value is -8.23. The smallest absolute Gasteiger partial charge is 0.425 e. The van der Waals surface area contributed by atoms with Crippen LogP contribution in [0.4, 0.5) is 42.2 Å². The zero-order valence-corrected chi connectivity index (χ0v) is 60.3. The van der Waals surface area contributed by atoms with Crippen LogP contribution in [0.25, 0.3) is 21.5 Å². The predicted molar refractivity (Wildman–Crippen MR) is 385 cm³/mol. The predicted octanol–water partition coefficient (Wildman–Crippen LogP) is 15.8.